The summed E-state index contributed by atoms with van der Waals surface area (Å²) in [7, 11) is 0. The average Bonchev–Trinajstić information content (AvgIpc) is 2.17. The Morgan fingerprint density at radius 3 is 2.60 bits per heavy atom. The number of carboxylic acid groups (broad SMARTS) is 1. The third-order valence-electron chi connectivity index (χ3n) is 2.04. The molecule has 0 atom stereocenters. The summed E-state index contributed by atoms with van der Waals surface area (Å²) in [6.07, 6.45) is 0.835. The number of carboxylic acids is 1. The molecule has 0 aromatic heterocycles. The zero-order chi connectivity index (χ0) is 11.3. The number of aliphatic carboxylic acids is 1. The van der Waals surface area contributed by atoms with Gasteiger partial charge >= 0.3 is 5.97 Å². The molecule has 0 aliphatic rings. The Kier molecular flexibility index (Phi) is 3.97. The predicted octanol–water partition coefficient (Wildman–Crippen LogP) is 1.69. The number of carbonyl (C=O) groups is 1. The van der Waals surface area contributed by atoms with E-state index in [0.29, 0.717) is 12.2 Å². The van der Waals surface area contributed by atoms with Gasteiger partial charge in [0.05, 0.1) is 5.69 Å². The normalized spacial score (nSPS) is 9.93. The second-order valence-electron chi connectivity index (χ2n) is 3.30. The number of hydrogen-bond acceptors (Lipinski definition) is 3. The molecule has 0 fully saturated rings. The van der Waals surface area contributed by atoms with Gasteiger partial charge in [0, 0.05) is 6.54 Å². The number of nitrogens with zero attached hydrogens (tertiary/aromatic N) is 1. The molecular weight excluding hydrogens is 194 g/mol. The molecular formula is C11H15NO3. The van der Waals surface area contributed by atoms with E-state index in [-0.39, 0.29) is 12.3 Å². The molecule has 0 aliphatic heterocycles. The van der Waals surface area contributed by atoms with Gasteiger partial charge in [0.2, 0.25) is 0 Å². The smallest absolute Gasteiger partial charge is 0.323 e. The van der Waals surface area contributed by atoms with Crippen molar-refractivity contribution in [3.05, 3.63) is 24.3 Å². The fraction of sp³-hybridized carbons (Fsp3) is 0.364. The summed E-state index contributed by atoms with van der Waals surface area (Å²) in [6.45, 7) is 2.49. The van der Waals surface area contributed by atoms with E-state index < -0.39 is 5.97 Å². The van der Waals surface area contributed by atoms with Crippen molar-refractivity contribution in [1.29, 1.82) is 0 Å². The van der Waals surface area contributed by atoms with Crippen LogP contribution in [0.1, 0.15) is 13.3 Å². The first-order valence-corrected chi connectivity index (χ1v) is 4.90. The van der Waals surface area contributed by atoms with Gasteiger partial charge in [-0.25, -0.2) is 0 Å². The number of phenols is 1. The summed E-state index contributed by atoms with van der Waals surface area (Å²) in [5, 5.41) is 18.3. The van der Waals surface area contributed by atoms with Gasteiger partial charge in [-0.15, -0.1) is 0 Å². The summed E-state index contributed by atoms with van der Waals surface area (Å²) in [6, 6.07) is 6.76. The van der Waals surface area contributed by atoms with Gasteiger partial charge in [-0.3, -0.25) is 4.79 Å². The molecule has 0 radical (unpaired) electrons. The Morgan fingerprint density at radius 2 is 2.07 bits per heavy atom. The van der Waals surface area contributed by atoms with Crippen molar-refractivity contribution in [3.8, 4) is 5.75 Å². The molecule has 0 heterocycles. The number of benzene rings is 1. The van der Waals surface area contributed by atoms with E-state index >= 15 is 0 Å². The van der Waals surface area contributed by atoms with Gasteiger partial charge in [-0.05, 0) is 18.6 Å². The van der Waals surface area contributed by atoms with Crippen LogP contribution < -0.4 is 4.90 Å². The predicted molar refractivity (Wildman–Crippen MR) is 58.2 cm³/mol. The van der Waals surface area contributed by atoms with Crippen molar-refractivity contribution in [2.45, 2.75) is 13.3 Å². The van der Waals surface area contributed by atoms with Crippen LogP contribution in [0.5, 0.6) is 5.75 Å². The highest BCUT2D eigenvalue weighted by Crippen LogP contribution is 2.26. The van der Waals surface area contributed by atoms with Gasteiger partial charge in [0.1, 0.15) is 12.3 Å². The van der Waals surface area contributed by atoms with Crippen LogP contribution in [-0.2, 0) is 4.79 Å². The Labute approximate surface area is 88.8 Å². The van der Waals surface area contributed by atoms with E-state index in [9.17, 15) is 9.90 Å². The summed E-state index contributed by atoms with van der Waals surface area (Å²) in [4.78, 5) is 12.3. The van der Waals surface area contributed by atoms with Crippen LogP contribution in [0.15, 0.2) is 24.3 Å². The Morgan fingerprint density at radius 1 is 1.40 bits per heavy atom. The largest absolute Gasteiger partial charge is 0.506 e. The van der Waals surface area contributed by atoms with E-state index in [1.165, 1.54) is 0 Å². The summed E-state index contributed by atoms with van der Waals surface area (Å²) in [5.74, 6) is -0.779. The number of phenolic OH excluding ortho intramolecular Hbond substituents is 1. The number of aromatic hydroxyl groups is 1. The van der Waals surface area contributed by atoms with Crippen LogP contribution in [0.4, 0.5) is 5.69 Å². The van der Waals surface area contributed by atoms with E-state index in [1.807, 2.05) is 6.92 Å². The maximum atomic E-state index is 10.6. The molecule has 4 nitrogen and oxygen atoms in total. The zero-order valence-corrected chi connectivity index (χ0v) is 8.68. The van der Waals surface area contributed by atoms with Crippen LogP contribution in [0.3, 0.4) is 0 Å². The van der Waals surface area contributed by atoms with Crippen LogP contribution in [0.25, 0.3) is 0 Å². The first-order valence-electron chi connectivity index (χ1n) is 4.90. The highest BCUT2D eigenvalue weighted by Gasteiger charge is 2.12. The lowest BCUT2D eigenvalue weighted by Gasteiger charge is -2.22. The lowest BCUT2D eigenvalue weighted by atomic mass is 10.2. The van der Waals surface area contributed by atoms with Crippen LogP contribution in [-0.4, -0.2) is 29.3 Å². The summed E-state index contributed by atoms with van der Waals surface area (Å²) >= 11 is 0. The van der Waals surface area contributed by atoms with Gasteiger partial charge in [-0.2, -0.15) is 0 Å². The number of hydrogen-bond donors (Lipinski definition) is 2. The van der Waals surface area contributed by atoms with Gasteiger partial charge in [0.25, 0.3) is 0 Å². The minimum atomic E-state index is -0.897. The quantitative estimate of drug-likeness (QED) is 0.774. The third-order valence-corrected chi connectivity index (χ3v) is 2.04. The number of rotatable bonds is 5. The molecule has 82 valence electrons. The van der Waals surface area contributed by atoms with E-state index in [1.54, 1.807) is 29.2 Å². The van der Waals surface area contributed by atoms with Crippen molar-refractivity contribution >= 4 is 11.7 Å². The highest BCUT2D eigenvalue weighted by molar-refractivity contribution is 5.75. The van der Waals surface area contributed by atoms with Crippen LogP contribution >= 0.6 is 0 Å². The molecule has 0 saturated carbocycles. The van der Waals surface area contributed by atoms with Crippen molar-refractivity contribution in [3.63, 3.8) is 0 Å². The average molecular weight is 209 g/mol. The van der Waals surface area contributed by atoms with Crippen molar-refractivity contribution in [1.82, 2.24) is 0 Å². The molecule has 0 amide bonds. The molecule has 2 N–H and O–H groups in total. The first-order chi connectivity index (χ1) is 7.15. The fourth-order valence-corrected chi connectivity index (χ4v) is 1.45. The second-order valence-corrected chi connectivity index (χ2v) is 3.30. The highest BCUT2D eigenvalue weighted by atomic mass is 16.4. The van der Waals surface area contributed by atoms with E-state index in [4.69, 9.17) is 5.11 Å². The topological polar surface area (TPSA) is 60.8 Å². The lowest BCUT2D eigenvalue weighted by molar-refractivity contribution is -0.135. The standard InChI is InChI=1S/C11H15NO3/c1-2-7-12(8-11(14)15)9-5-3-4-6-10(9)13/h3-6,13H,2,7-8H2,1H3,(H,14,15). The Bertz CT molecular complexity index is 338. The fourth-order valence-electron chi connectivity index (χ4n) is 1.45. The van der Waals surface area contributed by atoms with E-state index in [0.717, 1.165) is 6.42 Å². The molecule has 1 rings (SSSR count). The molecule has 4 heteroatoms. The van der Waals surface area contributed by atoms with E-state index in [2.05, 4.69) is 0 Å². The van der Waals surface area contributed by atoms with Gasteiger partial charge < -0.3 is 15.1 Å². The zero-order valence-electron chi connectivity index (χ0n) is 8.68. The molecule has 1 aromatic rings. The maximum Gasteiger partial charge on any atom is 0.323 e. The molecule has 0 bridgehead atoms. The van der Waals surface area contributed by atoms with Crippen LogP contribution in [0.2, 0.25) is 0 Å². The number of anilines is 1. The van der Waals surface area contributed by atoms with Gasteiger partial charge in [-0.1, -0.05) is 19.1 Å². The molecule has 0 saturated heterocycles. The lowest BCUT2D eigenvalue weighted by Crippen LogP contribution is -2.30. The van der Waals surface area contributed by atoms with Crippen molar-refractivity contribution in [2.24, 2.45) is 0 Å². The second kappa shape index (κ2) is 5.24. The van der Waals surface area contributed by atoms with Crippen LogP contribution in [0, 0.1) is 0 Å². The summed E-state index contributed by atoms with van der Waals surface area (Å²) < 4.78 is 0. The molecule has 0 aliphatic carbocycles. The monoisotopic (exact) mass is 209 g/mol. The Hall–Kier alpha value is -1.71. The summed E-state index contributed by atoms with van der Waals surface area (Å²) in [5.41, 5.74) is 0.571. The Balaban J connectivity index is 2.88. The van der Waals surface area contributed by atoms with Gasteiger partial charge in [0.15, 0.2) is 0 Å². The van der Waals surface area contributed by atoms with Crippen molar-refractivity contribution in [2.75, 3.05) is 18.0 Å². The molecule has 1 aromatic carbocycles. The maximum absolute atomic E-state index is 10.6. The number of para-hydroxylation sites is 2. The minimum absolute atomic E-state index is 0.0919. The third kappa shape index (κ3) is 3.16. The SMILES string of the molecule is CCCN(CC(=O)O)c1ccccc1O. The first kappa shape index (κ1) is 11.4. The molecule has 15 heavy (non-hydrogen) atoms. The minimum Gasteiger partial charge on any atom is -0.506 e. The molecule has 0 spiro atoms. The molecule has 0 unspecified atom stereocenters. The van der Waals surface area contributed by atoms with Crippen molar-refractivity contribution < 1.29 is 15.0 Å².